The van der Waals surface area contributed by atoms with Crippen molar-refractivity contribution in [2.75, 3.05) is 18.4 Å². The standard InChI is InChI=1S/C20H32N6O5.2ClH/c1-13(25-18(28)7-3-5-14-4-2-6-16(27)19(14)21)20(29)23-11-10-22-17-9-8-15(12-24-17)26(30)31;;/h8-9,12-14,16,19,27H,2-7,10-11,21H2,1H3,(H,22,24)(H,23,29)(H,25,28);2*1H/t13-,14?,16?,19+;;/m0../s1. The quantitative estimate of drug-likeness (QED) is 0.170. The Kier molecular flexibility index (Phi) is 14.6. The number of hydrogen-bond donors (Lipinski definition) is 5. The fourth-order valence-corrected chi connectivity index (χ4v) is 3.66. The minimum absolute atomic E-state index is 0. The van der Waals surface area contributed by atoms with E-state index >= 15 is 0 Å². The van der Waals surface area contributed by atoms with E-state index in [-0.39, 0.29) is 54.3 Å². The number of aliphatic hydroxyl groups is 1. The van der Waals surface area contributed by atoms with E-state index in [2.05, 4.69) is 20.9 Å². The lowest BCUT2D eigenvalue weighted by atomic mass is 9.80. The number of nitro groups is 1. The van der Waals surface area contributed by atoms with Gasteiger partial charge in [-0.15, -0.1) is 24.8 Å². The summed E-state index contributed by atoms with van der Waals surface area (Å²) in [7, 11) is 0. The van der Waals surface area contributed by atoms with Gasteiger partial charge in [0.1, 0.15) is 18.1 Å². The van der Waals surface area contributed by atoms with Gasteiger partial charge in [0.2, 0.25) is 11.8 Å². The highest BCUT2D eigenvalue weighted by Gasteiger charge is 2.28. The number of amides is 2. The van der Waals surface area contributed by atoms with E-state index in [0.29, 0.717) is 31.7 Å². The molecule has 33 heavy (non-hydrogen) atoms. The zero-order chi connectivity index (χ0) is 22.8. The predicted molar refractivity (Wildman–Crippen MR) is 130 cm³/mol. The first-order chi connectivity index (χ1) is 14.8. The number of hydrogen-bond acceptors (Lipinski definition) is 8. The summed E-state index contributed by atoms with van der Waals surface area (Å²) in [6, 6.07) is 1.94. The summed E-state index contributed by atoms with van der Waals surface area (Å²) in [6.07, 6.45) is 5.13. The Bertz CT molecular complexity index is 755. The van der Waals surface area contributed by atoms with E-state index in [9.17, 15) is 24.8 Å². The Morgan fingerprint density at radius 2 is 2.03 bits per heavy atom. The van der Waals surface area contributed by atoms with Crippen molar-refractivity contribution in [3.8, 4) is 0 Å². The average molecular weight is 509 g/mol. The maximum Gasteiger partial charge on any atom is 0.287 e. The molecule has 4 atom stereocenters. The number of aliphatic hydroxyl groups excluding tert-OH is 1. The Morgan fingerprint density at radius 3 is 2.67 bits per heavy atom. The molecule has 1 fully saturated rings. The first-order valence-corrected chi connectivity index (χ1v) is 10.6. The number of carbonyl (C=O) groups excluding carboxylic acids is 2. The first-order valence-electron chi connectivity index (χ1n) is 10.6. The van der Waals surface area contributed by atoms with Crippen LogP contribution in [0.3, 0.4) is 0 Å². The number of halogens is 2. The number of nitrogens with zero attached hydrogens (tertiary/aromatic N) is 2. The molecule has 1 aromatic heterocycles. The van der Waals surface area contributed by atoms with Crippen LogP contribution >= 0.6 is 24.8 Å². The maximum absolute atomic E-state index is 12.1. The number of anilines is 1. The van der Waals surface area contributed by atoms with Gasteiger partial charge in [0.05, 0.1) is 11.0 Å². The second-order valence-electron chi connectivity index (χ2n) is 7.89. The van der Waals surface area contributed by atoms with Crippen molar-refractivity contribution in [2.24, 2.45) is 11.7 Å². The summed E-state index contributed by atoms with van der Waals surface area (Å²) in [5.74, 6) is 0.200. The molecule has 0 aliphatic heterocycles. The van der Waals surface area contributed by atoms with Gasteiger partial charge in [-0.2, -0.15) is 0 Å². The molecule has 0 spiro atoms. The van der Waals surface area contributed by atoms with Gasteiger partial charge in [-0.05, 0) is 44.6 Å². The van der Waals surface area contributed by atoms with Gasteiger partial charge < -0.3 is 26.8 Å². The van der Waals surface area contributed by atoms with E-state index in [1.807, 2.05) is 0 Å². The van der Waals surface area contributed by atoms with Crippen LogP contribution in [0.5, 0.6) is 0 Å². The third kappa shape index (κ3) is 10.5. The Balaban J connectivity index is 0.00000512. The van der Waals surface area contributed by atoms with E-state index in [1.165, 1.54) is 12.1 Å². The van der Waals surface area contributed by atoms with E-state index in [1.54, 1.807) is 6.92 Å². The highest BCUT2D eigenvalue weighted by molar-refractivity contribution is 5.87. The third-order valence-electron chi connectivity index (χ3n) is 5.50. The van der Waals surface area contributed by atoms with Crippen molar-refractivity contribution < 1.29 is 19.6 Å². The lowest BCUT2D eigenvalue weighted by molar-refractivity contribution is -0.385. The van der Waals surface area contributed by atoms with Gasteiger partial charge in [0.25, 0.3) is 5.69 Å². The van der Waals surface area contributed by atoms with Gasteiger partial charge >= 0.3 is 0 Å². The van der Waals surface area contributed by atoms with Crippen LogP contribution in [0, 0.1) is 16.0 Å². The van der Waals surface area contributed by atoms with Crippen molar-refractivity contribution in [1.82, 2.24) is 15.6 Å². The largest absolute Gasteiger partial charge is 0.392 e. The molecule has 0 saturated heterocycles. The molecular weight excluding hydrogens is 475 g/mol. The smallest absolute Gasteiger partial charge is 0.287 e. The molecular formula is C20H34Cl2N6O5. The summed E-state index contributed by atoms with van der Waals surface area (Å²) in [5, 5.41) is 28.8. The van der Waals surface area contributed by atoms with Crippen molar-refractivity contribution in [3.63, 3.8) is 0 Å². The summed E-state index contributed by atoms with van der Waals surface area (Å²) in [5.41, 5.74) is 5.94. The molecule has 2 unspecified atom stereocenters. The summed E-state index contributed by atoms with van der Waals surface area (Å²) in [6.45, 7) is 2.30. The highest BCUT2D eigenvalue weighted by atomic mass is 35.5. The van der Waals surface area contributed by atoms with Gasteiger partial charge in [0.15, 0.2) is 0 Å². The normalized spacial score (nSPS) is 20.4. The molecule has 13 heteroatoms. The topological polar surface area (TPSA) is 173 Å². The SMILES string of the molecule is C[C@H](NC(=O)CCCC1CCCC(O)[C@@H]1N)C(=O)NCCNc1ccc([N+](=O)[O-])cn1.Cl.Cl. The second-order valence-corrected chi connectivity index (χ2v) is 7.89. The minimum Gasteiger partial charge on any atom is -0.392 e. The molecule has 188 valence electrons. The van der Waals surface area contributed by atoms with Crippen molar-refractivity contribution in [2.45, 2.75) is 63.6 Å². The average Bonchev–Trinajstić information content (AvgIpc) is 2.74. The zero-order valence-corrected chi connectivity index (χ0v) is 20.2. The fraction of sp³-hybridized carbons (Fsp3) is 0.650. The number of rotatable bonds is 11. The van der Waals surface area contributed by atoms with Crippen molar-refractivity contribution in [1.29, 1.82) is 0 Å². The zero-order valence-electron chi connectivity index (χ0n) is 18.6. The molecule has 1 aliphatic carbocycles. The second kappa shape index (κ2) is 15.6. The molecule has 1 heterocycles. The van der Waals surface area contributed by atoms with Crippen LogP contribution in [0.2, 0.25) is 0 Å². The third-order valence-corrected chi connectivity index (χ3v) is 5.50. The summed E-state index contributed by atoms with van der Waals surface area (Å²) in [4.78, 5) is 38.2. The molecule has 1 aromatic rings. The van der Waals surface area contributed by atoms with Crippen LogP contribution in [0.4, 0.5) is 11.5 Å². The van der Waals surface area contributed by atoms with Crippen LogP contribution in [0.25, 0.3) is 0 Å². The lowest BCUT2D eigenvalue weighted by Crippen LogP contribution is -2.46. The number of aromatic nitrogens is 1. The first kappa shape index (κ1) is 30.8. The van der Waals surface area contributed by atoms with Crippen molar-refractivity contribution >= 4 is 48.1 Å². The Hall–Kier alpha value is -2.21. The number of nitrogens with two attached hydrogens (primary N) is 1. The molecule has 2 amide bonds. The fourth-order valence-electron chi connectivity index (χ4n) is 3.66. The maximum atomic E-state index is 12.1. The Labute approximate surface area is 205 Å². The number of pyridine rings is 1. The van der Waals surface area contributed by atoms with E-state index < -0.39 is 17.1 Å². The molecule has 1 aliphatic rings. The molecule has 0 bridgehead atoms. The van der Waals surface area contributed by atoms with Gasteiger partial charge in [-0.25, -0.2) is 4.98 Å². The Morgan fingerprint density at radius 1 is 1.30 bits per heavy atom. The monoisotopic (exact) mass is 508 g/mol. The van der Waals surface area contributed by atoms with Crippen LogP contribution in [0.15, 0.2) is 18.3 Å². The van der Waals surface area contributed by atoms with E-state index in [4.69, 9.17) is 5.73 Å². The predicted octanol–water partition coefficient (Wildman–Crippen LogP) is 1.52. The molecule has 1 saturated carbocycles. The van der Waals surface area contributed by atoms with Crippen molar-refractivity contribution in [3.05, 3.63) is 28.4 Å². The van der Waals surface area contributed by atoms with E-state index in [0.717, 1.165) is 31.9 Å². The van der Waals surface area contributed by atoms with Gasteiger partial charge in [0, 0.05) is 31.6 Å². The van der Waals surface area contributed by atoms with Crippen LogP contribution < -0.4 is 21.7 Å². The highest BCUT2D eigenvalue weighted by Crippen LogP contribution is 2.27. The van der Waals surface area contributed by atoms with Crippen LogP contribution in [-0.2, 0) is 9.59 Å². The number of carbonyl (C=O) groups is 2. The van der Waals surface area contributed by atoms with Crippen LogP contribution in [0.1, 0.15) is 45.4 Å². The molecule has 6 N–H and O–H groups in total. The molecule has 2 rings (SSSR count). The summed E-state index contributed by atoms with van der Waals surface area (Å²) < 4.78 is 0. The lowest BCUT2D eigenvalue weighted by Gasteiger charge is -2.32. The van der Waals surface area contributed by atoms with Crippen LogP contribution in [-0.4, -0.2) is 58.1 Å². The molecule has 0 radical (unpaired) electrons. The number of nitrogens with one attached hydrogen (secondary N) is 3. The van der Waals surface area contributed by atoms with Gasteiger partial charge in [-0.1, -0.05) is 6.42 Å². The summed E-state index contributed by atoms with van der Waals surface area (Å²) >= 11 is 0. The minimum atomic E-state index is -0.663. The molecule has 11 nitrogen and oxygen atoms in total. The molecule has 0 aromatic carbocycles. The van der Waals surface area contributed by atoms with Gasteiger partial charge in [-0.3, -0.25) is 19.7 Å².